The van der Waals surface area contributed by atoms with Crippen LogP contribution in [0.3, 0.4) is 0 Å². The van der Waals surface area contributed by atoms with E-state index in [4.69, 9.17) is 20.6 Å². The number of hydrogen-bond donors (Lipinski definition) is 3. The molecular weight excluding hydrogens is 684 g/mol. The van der Waals surface area contributed by atoms with Crippen LogP contribution in [0.2, 0.25) is 0 Å². The van der Waals surface area contributed by atoms with Crippen LogP contribution in [0.1, 0.15) is 12.8 Å². The van der Waals surface area contributed by atoms with Crippen LogP contribution in [0, 0.1) is 22.3 Å². The molecule has 0 saturated heterocycles. The molecule has 42 heavy (non-hydrogen) atoms. The number of rotatable bonds is 19. The first-order chi connectivity index (χ1) is 19.6. The van der Waals surface area contributed by atoms with Crippen molar-refractivity contribution in [2.45, 2.75) is 12.8 Å². The van der Waals surface area contributed by atoms with Crippen LogP contribution in [0.15, 0.2) is 0 Å². The summed E-state index contributed by atoms with van der Waals surface area (Å²) in [6, 6.07) is 0. The van der Waals surface area contributed by atoms with E-state index in [1.165, 1.54) is 0 Å². The van der Waals surface area contributed by atoms with Gasteiger partial charge in [-0.25, -0.2) is 38.6 Å². The molecule has 0 spiro atoms. The van der Waals surface area contributed by atoms with E-state index in [-0.39, 0.29) is 26.4 Å². The number of terminal acetylenes is 1. The number of hydrogen-bond acceptors (Lipinski definition) is 15. The molecule has 0 aliphatic rings. The fourth-order valence-corrected chi connectivity index (χ4v) is 4.84. The smallest absolute Gasteiger partial charge is 0.422 e. The molecule has 0 saturated carbocycles. The van der Waals surface area contributed by atoms with Gasteiger partial charge in [-0.1, -0.05) is 0 Å². The molecule has 0 heterocycles. The van der Waals surface area contributed by atoms with Crippen LogP contribution in [-0.2, 0) is 44.1 Å². The van der Waals surface area contributed by atoms with Gasteiger partial charge in [0.25, 0.3) is 0 Å². The topological polar surface area (TPSA) is 270 Å². The average molecular weight is 714 g/mol. The summed E-state index contributed by atoms with van der Waals surface area (Å²) in [7, 11) is -9.51. The minimum atomic E-state index is -4.61. The Morgan fingerprint density at radius 1 is 0.786 bits per heavy atom. The van der Waals surface area contributed by atoms with Gasteiger partial charge in [0, 0.05) is 26.1 Å². The second kappa shape index (κ2) is 21.4. The van der Waals surface area contributed by atoms with Crippen molar-refractivity contribution in [3.8, 4) is 12.3 Å². The molecule has 238 valence electrons. The summed E-state index contributed by atoms with van der Waals surface area (Å²) in [5.74, 6) is 2.33. The number of unbranched alkanes of at least 4 members (excludes halogenated alkanes) is 1. The molecule has 0 radical (unpaired) electrons. The van der Waals surface area contributed by atoms with Crippen LogP contribution in [0.25, 0.3) is 0 Å². The summed E-state index contributed by atoms with van der Waals surface area (Å²) < 4.78 is 78.2. The van der Waals surface area contributed by atoms with Gasteiger partial charge in [-0.15, -0.1) is 12.3 Å². The maximum atomic E-state index is 12.6. The van der Waals surface area contributed by atoms with E-state index in [1.807, 2.05) is 22.6 Å². The third-order valence-electron chi connectivity index (χ3n) is 3.97. The van der Waals surface area contributed by atoms with Crippen LogP contribution < -0.4 is 14.2 Å². The van der Waals surface area contributed by atoms with Crippen molar-refractivity contribution in [2.24, 2.45) is 0 Å². The van der Waals surface area contributed by atoms with Gasteiger partial charge in [0.15, 0.2) is 14.5 Å². The molecule has 19 nitrogen and oxygen atoms in total. The molecule has 0 aromatic carbocycles. The molecule has 0 rings (SSSR count). The van der Waals surface area contributed by atoms with Gasteiger partial charge in [0.05, 0.1) is 19.8 Å². The largest absolute Gasteiger partial charge is 0.456 e. The molecule has 0 fully saturated rings. The van der Waals surface area contributed by atoms with Gasteiger partial charge in [-0.2, -0.15) is 25.9 Å². The average Bonchev–Trinajstić information content (AvgIpc) is 2.88. The van der Waals surface area contributed by atoms with E-state index >= 15 is 0 Å². The van der Waals surface area contributed by atoms with Gasteiger partial charge in [-0.3, -0.25) is 0 Å². The fourth-order valence-electron chi connectivity index (χ4n) is 2.21. The van der Waals surface area contributed by atoms with Gasteiger partial charge in [0.2, 0.25) is 0 Å². The molecule has 2 amide bonds. The predicted octanol–water partition coefficient (Wildman–Crippen LogP) is 1.03. The Morgan fingerprint density at radius 3 is 1.83 bits per heavy atom. The molecule has 25 heteroatoms. The Bertz CT molecular complexity index is 1300. The fraction of sp³-hybridized carbons (Fsp3) is 0.647. The number of carbonyl (C=O) groups is 4. The SMILES string of the molecule is C#CCCCOC(=O)NS(=O)(=O)NCCOCCOC(=O)NS(=O)(=O)N(CCOC(=O)P(#N)P)CCOC(=O)P(#N)P. The first kappa shape index (κ1) is 39.7. The Labute approximate surface area is 248 Å². The molecular formula is C17H30N6O13P4S2. The number of carbonyl (C=O) groups excluding carboxylic acids is 4. The Balaban J connectivity index is 4.57. The first-order valence-electron chi connectivity index (χ1n) is 11.3. The summed E-state index contributed by atoms with van der Waals surface area (Å²) in [6.45, 7) is -3.35. The second-order valence-corrected chi connectivity index (χ2v) is 15.3. The summed E-state index contributed by atoms with van der Waals surface area (Å²) in [5.41, 5.74) is -2.00. The van der Waals surface area contributed by atoms with Crippen LogP contribution in [0.4, 0.5) is 19.2 Å². The van der Waals surface area contributed by atoms with Crippen molar-refractivity contribution in [3.05, 3.63) is 0 Å². The molecule has 4 unspecified atom stereocenters. The molecule has 0 aromatic rings. The van der Waals surface area contributed by atoms with Crippen molar-refractivity contribution < 1.29 is 59.7 Å². The van der Waals surface area contributed by atoms with E-state index < -0.39 is 91.4 Å². The lowest BCUT2D eigenvalue weighted by molar-refractivity contribution is 0.0774. The van der Waals surface area contributed by atoms with E-state index in [0.717, 1.165) is 0 Å². The minimum absolute atomic E-state index is 0.0693. The lowest BCUT2D eigenvalue weighted by Gasteiger charge is -2.21. The summed E-state index contributed by atoms with van der Waals surface area (Å²) in [6.07, 6.45) is 3.13. The Hall–Kier alpha value is -2.30. The molecule has 3 N–H and O–H groups in total. The number of amides is 2. The highest BCUT2D eigenvalue weighted by atomic mass is 32.2. The molecule has 0 aliphatic heterocycles. The molecule has 0 bridgehead atoms. The minimum Gasteiger partial charge on any atom is -0.456 e. The first-order valence-corrected chi connectivity index (χ1v) is 20.1. The highest BCUT2D eigenvalue weighted by Gasteiger charge is 2.26. The van der Waals surface area contributed by atoms with Crippen LogP contribution >= 0.6 is 32.3 Å². The summed E-state index contributed by atoms with van der Waals surface area (Å²) in [4.78, 5) is 46.2. The van der Waals surface area contributed by atoms with Crippen molar-refractivity contribution in [1.29, 1.82) is 10.0 Å². The van der Waals surface area contributed by atoms with Gasteiger partial charge in [-0.05, 0) is 24.3 Å². The third kappa shape index (κ3) is 19.8. The zero-order chi connectivity index (χ0) is 32.2. The maximum absolute atomic E-state index is 12.6. The Kier molecular flexibility index (Phi) is 20.2. The highest BCUT2D eigenvalue weighted by molar-refractivity contribution is 8.14. The van der Waals surface area contributed by atoms with Crippen LogP contribution in [-0.4, -0.2) is 104 Å². The van der Waals surface area contributed by atoms with E-state index in [0.29, 0.717) is 17.1 Å². The van der Waals surface area contributed by atoms with Crippen LogP contribution in [0.5, 0.6) is 0 Å². The highest BCUT2D eigenvalue weighted by Crippen LogP contribution is 2.30. The van der Waals surface area contributed by atoms with E-state index in [1.54, 1.807) is 9.44 Å². The number of ether oxygens (including phenoxy) is 5. The normalized spacial score (nSPS) is 11.9. The summed E-state index contributed by atoms with van der Waals surface area (Å²) in [5, 5.41) is 18.4. The zero-order valence-electron chi connectivity index (χ0n) is 21.9. The maximum Gasteiger partial charge on any atom is 0.422 e. The third-order valence-corrected chi connectivity index (χ3v) is 8.73. The van der Waals surface area contributed by atoms with Crippen molar-refractivity contribution in [1.82, 2.24) is 18.5 Å². The van der Waals surface area contributed by atoms with Crippen molar-refractivity contribution in [2.75, 3.05) is 59.3 Å². The second-order valence-electron chi connectivity index (χ2n) is 7.12. The van der Waals surface area contributed by atoms with Gasteiger partial charge >= 0.3 is 44.0 Å². The van der Waals surface area contributed by atoms with Gasteiger partial charge in [0.1, 0.15) is 19.8 Å². The summed E-state index contributed by atoms with van der Waals surface area (Å²) >= 11 is 0. The standard InChI is InChI=1S/C17H30N6O13P4S2/c1-2-3-4-8-33-14(24)21-41(28,29)20-5-9-32-12-13-34-15(25)22-42(30,31)23(6-10-35-16(26)39(18)37)7-11-36-17(27)40(19)38/h1,20H,3-13,37-38H2,(H,21,24)(H,22,25). The molecule has 0 aliphatic carbocycles. The lowest BCUT2D eigenvalue weighted by atomic mass is 10.3. The monoisotopic (exact) mass is 714 g/mol. The van der Waals surface area contributed by atoms with E-state index in [2.05, 4.69) is 15.4 Å². The molecule has 4 atom stereocenters. The molecule has 0 aromatic heterocycles. The van der Waals surface area contributed by atoms with Gasteiger partial charge < -0.3 is 23.7 Å². The lowest BCUT2D eigenvalue weighted by Crippen LogP contribution is -2.46. The zero-order valence-corrected chi connectivity index (χ0v) is 27.6. The quantitative estimate of drug-likeness (QED) is 0.0730. The number of nitrogens with one attached hydrogen (secondary N) is 3. The predicted molar refractivity (Wildman–Crippen MR) is 155 cm³/mol. The van der Waals surface area contributed by atoms with Crippen molar-refractivity contribution >= 4 is 76.4 Å². The van der Waals surface area contributed by atoms with Crippen molar-refractivity contribution in [3.63, 3.8) is 0 Å². The Morgan fingerprint density at radius 2 is 1.31 bits per heavy atom. The van der Waals surface area contributed by atoms with E-state index in [9.17, 15) is 46.0 Å². The number of nitrogens with zero attached hydrogens (tertiary/aromatic N) is 3.